The molecule has 4 N–H and O–H groups in total. The maximum Gasteiger partial charge on any atom is 0.322 e. The third-order valence-corrected chi connectivity index (χ3v) is 6.64. The molecule has 6 heteroatoms. The molecule has 4 aliphatic rings. The van der Waals surface area contributed by atoms with Crippen molar-refractivity contribution in [1.82, 2.24) is 10.6 Å². The Hall–Kier alpha value is -1.82. The zero-order chi connectivity index (χ0) is 18.3. The predicted molar refractivity (Wildman–Crippen MR) is 96.1 cm³/mol. The highest BCUT2D eigenvalue weighted by atomic mass is 16.3. The summed E-state index contributed by atoms with van der Waals surface area (Å²) in [5.41, 5.74) is -0.0759. The Labute approximate surface area is 154 Å². The van der Waals surface area contributed by atoms with Crippen LogP contribution in [-0.2, 0) is 4.79 Å². The van der Waals surface area contributed by atoms with E-state index in [1.807, 2.05) is 31.3 Å². The number of nitrogens with two attached hydrogens (primary N) is 1. The molecule has 5 rings (SSSR count). The van der Waals surface area contributed by atoms with E-state index in [1.54, 1.807) is 6.26 Å². The van der Waals surface area contributed by atoms with Crippen molar-refractivity contribution in [3.63, 3.8) is 0 Å². The molecule has 2 atom stereocenters. The number of amides is 3. The van der Waals surface area contributed by atoms with Crippen LogP contribution in [0.3, 0.4) is 0 Å². The van der Waals surface area contributed by atoms with Gasteiger partial charge in [-0.25, -0.2) is 4.79 Å². The van der Waals surface area contributed by atoms with Crippen molar-refractivity contribution >= 4 is 11.9 Å². The van der Waals surface area contributed by atoms with Crippen LogP contribution in [0.5, 0.6) is 0 Å². The van der Waals surface area contributed by atoms with E-state index in [-0.39, 0.29) is 29.6 Å². The van der Waals surface area contributed by atoms with Crippen molar-refractivity contribution in [2.75, 3.05) is 0 Å². The summed E-state index contributed by atoms with van der Waals surface area (Å²) >= 11 is 0. The number of carbonyl (C=O) groups is 2. The van der Waals surface area contributed by atoms with Crippen LogP contribution in [0.15, 0.2) is 22.8 Å². The topological polar surface area (TPSA) is 88.0 Å². The number of nitrogens with one attached hydrogen (secondary N) is 2. The number of carbonyl (C=O) groups excluding carboxylic acids is 2. The highest BCUT2D eigenvalue weighted by molar-refractivity contribution is 5.96. The fraction of sp³-hybridized carbons (Fsp3) is 0.700. The number of rotatable bonds is 5. The summed E-state index contributed by atoms with van der Waals surface area (Å²) in [6.45, 7) is 3.80. The van der Waals surface area contributed by atoms with Gasteiger partial charge in [0.05, 0.1) is 6.26 Å². The first-order chi connectivity index (χ1) is 12.4. The molecule has 1 aromatic rings. The molecule has 142 valence electrons. The summed E-state index contributed by atoms with van der Waals surface area (Å²) in [4.78, 5) is 24.9. The van der Waals surface area contributed by atoms with Gasteiger partial charge in [0, 0.05) is 5.54 Å². The predicted octanol–water partition coefficient (Wildman–Crippen LogP) is 2.09. The SMILES string of the molecule is C[C@H]([NH2+][C@@H](C)c1ccco1)C(=O)NC(=O)NC12CC3CC(CC(C3)C1)C2. The van der Waals surface area contributed by atoms with E-state index in [2.05, 4.69) is 10.6 Å². The van der Waals surface area contributed by atoms with Gasteiger partial charge in [-0.15, -0.1) is 0 Å². The summed E-state index contributed by atoms with van der Waals surface area (Å²) < 4.78 is 5.37. The van der Waals surface area contributed by atoms with E-state index in [9.17, 15) is 9.59 Å². The molecular formula is C20H30N3O3+. The maximum atomic E-state index is 12.5. The van der Waals surface area contributed by atoms with Crippen molar-refractivity contribution in [2.45, 2.75) is 70.0 Å². The van der Waals surface area contributed by atoms with Gasteiger partial charge in [-0.1, -0.05) is 0 Å². The minimum absolute atomic E-state index is 0.0250. The molecule has 1 heterocycles. The second-order valence-electron chi connectivity index (χ2n) is 8.93. The number of hydrogen-bond donors (Lipinski definition) is 3. The van der Waals surface area contributed by atoms with Gasteiger partial charge in [-0.3, -0.25) is 10.1 Å². The molecule has 1 aromatic heterocycles. The normalized spacial score (nSPS) is 34.3. The van der Waals surface area contributed by atoms with Gasteiger partial charge in [0.15, 0.2) is 11.8 Å². The van der Waals surface area contributed by atoms with E-state index in [0.29, 0.717) is 0 Å². The highest BCUT2D eigenvalue weighted by Crippen LogP contribution is 2.55. The molecule has 3 amide bonds. The van der Waals surface area contributed by atoms with Crippen LogP contribution in [0.2, 0.25) is 0 Å². The Kier molecular flexibility index (Phi) is 4.55. The summed E-state index contributed by atoms with van der Waals surface area (Å²) in [7, 11) is 0. The fourth-order valence-corrected chi connectivity index (χ4v) is 5.93. The Balaban J connectivity index is 1.30. The average molecular weight is 360 g/mol. The van der Waals surface area contributed by atoms with Crippen LogP contribution in [0.4, 0.5) is 4.79 Å². The summed E-state index contributed by atoms with van der Waals surface area (Å²) in [5.74, 6) is 2.85. The first-order valence-corrected chi connectivity index (χ1v) is 9.94. The van der Waals surface area contributed by atoms with Crippen molar-refractivity contribution < 1.29 is 19.3 Å². The molecule has 0 unspecified atom stereocenters. The zero-order valence-electron chi connectivity index (χ0n) is 15.7. The second-order valence-corrected chi connectivity index (χ2v) is 8.93. The number of urea groups is 1. The van der Waals surface area contributed by atoms with Crippen molar-refractivity contribution in [3.05, 3.63) is 24.2 Å². The molecule has 0 radical (unpaired) electrons. The lowest BCUT2D eigenvalue weighted by Crippen LogP contribution is -2.92. The molecule has 6 nitrogen and oxygen atoms in total. The molecule has 0 saturated heterocycles. The second kappa shape index (κ2) is 6.72. The Morgan fingerprint density at radius 3 is 2.31 bits per heavy atom. The van der Waals surface area contributed by atoms with Crippen molar-refractivity contribution in [1.29, 1.82) is 0 Å². The third kappa shape index (κ3) is 3.52. The largest absolute Gasteiger partial charge is 0.463 e. The lowest BCUT2D eigenvalue weighted by atomic mass is 9.53. The van der Waals surface area contributed by atoms with Crippen LogP contribution in [0.25, 0.3) is 0 Å². The quantitative estimate of drug-likeness (QED) is 0.751. The van der Waals surface area contributed by atoms with Crippen LogP contribution in [-0.4, -0.2) is 23.5 Å². The minimum Gasteiger partial charge on any atom is -0.463 e. The van der Waals surface area contributed by atoms with E-state index < -0.39 is 0 Å². The summed E-state index contributed by atoms with van der Waals surface area (Å²) in [6.07, 6.45) is 8.87. The van der Waals surface area contributed by atoms with Gasteiger partial charge in [0.25, 0.3) is 5.91 Å². The number of furan rings is 1. The van der Waals surface area contributed by atoms with Crippen LogP contribution in [0.1, 0.15) is 64.2 Å². The Morgan fingerprint density at radius 2 is 1.77 bits per heavy atom. The van der Waals surface area contributed by atoms with Gasteiger partial charge in [0.1, 0.15) is 6.04 Å². The van der Waals surface area contributed by atoms with E-state index in [1.165, 1.54) is 19.3 Å². The van der Waals surface area contributed by atoms with Gasteiger partial charge in [-0.2, -0.15) is 0 Å². The average Bonchev–Trinajstić information content (AvgIpc) is 3.07. The Morgan fingerprint density at radius 1 is 1.15 bits per heavy atom. The van der Waals surface area contributed by atoms with Gasteiger partial charge >= 0.3 is 6.03 Å². The number of quaternary nitrogens is 1. The monoisotopic (exact) mass is 360 g/mol. The summed E-state index contributed by atoms with van der Waals surface area (Å²) in [6, 6.07) is 3.06. The van der Waals surface area contributed by atoms with Crippen LogP contribution < -0.4 is 16.0 Å². The summed E-state index contributed by atoms with van der Waals surface area (Å²) in [5, 5.41) is 7.65. The molecule has 0 aromatic carbocycles. The molecule has 0 spiro atoms. The molecule has 0 aliphatic heterocycles. The van der Waals surface area contributed by atoms with E-state index >= 15 is 0 Å². The van der Waals surface area contributed by atoms with Gasteiger partial charge < -0.3 is 15.1 Å². The maximum absolute atomic E-state index is 12.5. The lowest BCUT2D eigenvalue weighted by molar-refractivity contribution is -0.711. The molecule has 4 bridgehead atoms. The van der Waals surface area contributed by atoms with Crippen LogP contribution in [0, 0.1) is 17.8 Å². The highest BCUT2D eigenvalue weighted by Gasteiger charge is 2.51. The first-order valence-electron chi connectivity index (χ1n) is 9.94. The standard InChI is InChI=1S/C20H29N3O3/c1-12(17-4-3-5-26-17)21-13(2)18(24)22-19(25)23-20-9-14-6-15(10-20)8-16(7-14)11-20/h3-5,12-16,21H,6-11H2,1-2H3,(H2,22,23,24,25)/p+1/t12-,13-,14?,15?,16?,20?/m0/s1. The van der Waals surface area contributed by atoms with Gasteiger partial charge in [-0.05, 0) is 82.3 Å². The molecule has 26 heavy (non-hydrogen) atoms. The third-order valence-electron chi connectivity index (χ3n) is 6.64. The van der Waals surface area contributed by atoms with Crippen molar-refractivity contribution in [3.8, 4) is 0 Å². The zero-order valence-corrected chi connectivity index (χ0v) is 15.7. The first kappa shape index (κ1) is 17.6. The molecule has 4 fully saturated rings. The van der Waals surface area contributed by atoms with Crippen LogP contribution >= 0.6 is 0 Å². The molecular weight excluding hydrogens is 330 g/mol. The van der Waals surface area contributed by atoms with E-state index in [4.69, 9.17) is 4.42 Å². The Bertz CT molecular complexity index is 635. The minimum atomic E-state index is -0.364. The van der Waals surface area contributed by atoms with E-state index in [0.717, 1.165) is 42.8 Å². The fourth-order valence-electron chi connectivity index (χ4n) is 5.93. The number of imide groups is 1. The van der Waals surface area contributed by atoms with Gasteiger partial charge in [0.2, 0.25) is 0 Å². The smallest absolute Gasteiger partial charge is 0.322 e. The van der Waals surface area contributed by atoms with Crippen molar-refractivity contribution in [2.24, 2.45) is 17.8 Å². The molecule has 4 saturated carbocycles. The molecule has 4 aliphatic carbocycles. The number of hydrogen-bond acceptors (Lipinski definition) is 3. The lowest BCUT2D eigenvalue weighted by Gasteiger charge is -2.56.